The Labute approximate surface area is 102 Å². The van der Waals surface area contributed by atoms with E-state index in [2.05, 4.69) is 21.2 Å². The van der Waals surface area contributed by atoms with Crippen molar-refractivity contribution in [2.45, 2.75) is 12.1 Å². The molecular formula is C10H10BrNO3S. The van der Waals surface area contributed by atoms with Gasteiger partial charge in [0, 0.05) is 4.47 Å². The van der Waals surface area contributed by atoms with E-state index in [0.717, 1.165) is 10.2 Å². The molecular weight excluding hydrogens is 294 g/mol. The lowest BCUT2D eigenvalue weighted by atomic mass is 10.1. The average molecular weight is 304 g/mol. The third-order valence-electron chi connectivity index (χ3n) is 2.86. The Morgan fingerprint density at radius 3 is 3.00 bits per heavy atom. The third-order valence-corrected chi connectivity index (χ3v) is 5.06. The highest BCUT2D eigenvalue weighted by Crippen LogP contribution is 2.36. The summed E-state index contributed by atoms with van der Waals surface area (Å²) in [5.74, 6) is 0.983. The van der Waals surface area contributed by atoms with Crippen molar-refractivity contribution in [3.05, 3.63) is 22.7 Å². The molecule has 2 unspecified atom stereocenters. The molecule has 0 aliphatic carbocycles. The van der Waals surface area contributed by atoms with E-state index in [1.54, 1.807) is 0 Å². The Morgan fingerprint density at radius 1 is 1.38 bits per heavy atom. The van der Waals surface area contributed by atoms with Crippen molar-refractivity contribution < 1.29 is 13.2 Å². The van der Waals surface area contributed by atoms with E-state index in [9.17, 15) is 8.42 Å². The standard InChI is InChI=1S/C10H10BrNO3S/c11-6-1-2-7-9(3-6)15-10-5-16(13,14)4-8(10)12-7/h1-3,8,10,12H,4-5H2. The molecule has 0 saturated carbocycles. The quantitative estimate of drug-likeness (QED) is 0.787. The van der Waals surface area contributed by atoms with Gasteiger partial charge in [0.25, 0.3) is 0 Å². The van der Waals surface area contributed by atoms with E-state index in [1.165, 1.54) is 0 Å². The molecule has 0 radical (unpaired) electrons. The minimum atomic E-state index is -2.96. The first-order valence-corrected chi connectivity index (χ1v) is 7.58. The van der Waals surface area contributed by atoms with Crippen molar-refractivity contribution in [3.8, 4) is 5.75 Å². The van der Waals surface area contributed by atoms with E-state index in [0.29, 0.717) is 5.75 Å². The number of ether oxygens (including phenoxy) is 1. The number of benzene rings is 1. The summed E-state index contributed by atoms with van der Waals surface area (Å²) in [6.45, 7) is 0. The minimum absolute atomic E-state index is 0.108. The minimum Gasteiger partial charge on any atom is -0.485 e. The second-order valence-electron chi connectivity index (χ2n) is 4.12. The molecule has 1 fully saturated rings. The van der Waals surface area contributed by atoms with Gasteiger partial charge in [-0.05, 0) is 18.2 Å². The number of nitrogens with one attached hydrogen (secondary N) is 1. The summed E-state index contributed by atoms with van der Waals surface area (Å²) < 4.78 is 29.6. The Kier molecular flexibility index (Phi) is 2.19. The predicted molar refractivity (Wildman–Crippen MR) is 64.6 cm³/mol. The van der Waals surface area contributed by atoms with Crippen LogP contribution >= 0.6 is 15.9 Å². The molecule has 0 aromatic heterocycles. The zero-order chi connectivity index (χ0) is 11.3. The molecule has 1 aromatic carbocycles. The molecule has 2 heterocycles. The highest BCUT2D eigenvalue weighted by atomic mass is 79.9. The zero-order valence-electron chi connectivity index (χ0n) is 8.31. The van der Waals surface area contributed by atoms with E-state index in [-0.39, 0.29) is 23.7 Å². The molecule has 0 amide bonds. The molecule has 2 atom stereocenters. The van der Waals surface area contributed by atoms with Gasteiger partial charge < -0.3 is 10.1 Å². The van der Waals surface area contributed by atoms with Crippen molar-refractivity contribution in [1.29, 1.82) is 0 Å². The first-order valence-electron chi connectivity index (χ1n) is 4.97. The Balaban J connectivity index is 1.97. The summed E-state index contributed by atoms with van der Waals surface area (Å²) in [4.78, 5) is 0. The van der Waals surface area contributed by atoms with Crippen molar-refractivity contribution in [1.82, 2.24) is 0 Å². The van der Waals surface area contributed by atoms with Crippen molar-refractivity contribution in [2.24, 2.45) is 0 Å². The largest absolute Gasteiger partial charge is 0.485 e. The lowest BCUT2D eigenvalue weighted by molar-refractivity contribution is 0.206. The fraction of sp³-hybridized carbons (Fsp3) is 0.400. The maximum atomic E-state index is 11.5. The number of halogens is 1. The van der Waals surface area contributed by atoms with Crippen LogP contribution in [0.2, 0.25) is 0 Å². The monoisotopic (exact) mass is 303 g/mol. The van der Waals surface area contributed by atoms with Crippen LogP contribution in [0.25, 0.3) is 0 Å². The molecule has 3 rings (SSSR count). The van der Waals surface area contributed by atoms with Crippen molar-refractivity contribution in [3.63, 3.8) is 0 Å². The number of sulfone groups is 1. The molecule has 16 heavy (non-hydrogen) atoms. The first kappa shape index (κ1) is 10.4. The lowest BCUT2D eigenvalue weighted by Crippen LogP contribution is -2.40. The summed E-state index contributed by atoms with van der Waals surface area (Å²) in [5, 5.41) is 3.22. The smallest absolute Gasteiger partial charge is 0.156 e. The predicted octanol–water partition coefficient (Wildman–Crippen LogP) is 1.42. The second kappa shape index (κ2) is 3.37. The van der Waals surface area contributed by atoms with Gasteiger partial charge in [-0.2, -0.15) is 0 Å². The Morgan fingerprint density at radius 2 is 2.19 bits per heavy atom. The maximum Gasteiger partial charge on any atom is 0.156 e. The molecule has 1 aromatic rings. The van der Waals surface area contributed by atoms with E-state index >= 15 is 0 Å². The summed E-state index contributed by atoms with van der Waals surface area (Å²) in [6, 6.07) is 5.53. The molecule has 0 spiro atoms. The fourth-order valence-electron chi connectivity index (χ4n) is 2.14. The van der Waals surface area contributed by atoms with E-state index < -0.39 is 9.84 Å². The summed E-state index contributed by atoms with van der Waals surface area (Å²) in [7, 11) is -2.96. The van der Waals surface area contributed by atoms with Crippen LogP contribution in [0.5, 0.6) is 5.75 Å². The molecule has 1 N–H and O–H groups in total. The Bertz CT molecular complexity index is 543. The highest BCUT2D eigenvalue weighted by molar-refractivity contribution is 9.10. The number of anilines is 1. The topological polar surface area (TPSA) is 55.4 Å². The lowest BCUT2D eigenvalue weighted by Gasteiger charge is -2.29. The molecule has 0 bridgehead atoms. The number of fused-ring (bicyclic) bond motifs is 2. The van der Waals surface area contributed by atoms with Crippen molar-refractivity contribution in [2.75, 3.05) is 16.8 Å². The van der Waals surface area contributed by atoms with Gasteiger partial charge in [-0.1, -0.05) is 15.9 Å². The van der Waals surface area contributed by atoms with Crippen LogP contribution in [0.3, 0.4) is 0 Å². The normalized spacial score (nSPS) is 29.8. The van der Waals surface area contributed by atoms with Gasteiger partial charge in [0.2, 0.25) is 0 Å². The molecule has 2 aliphatic heterocycles. The van der Waals surface area contributed by atoms with Gasteiger partial charge in [-0.3, -0.25) is 0 Å². The first-order chi connectivity index (χ1) is 7.53. The second-order valence-corrected chi connectivity index (χ2v) is 7.19. The van der Waals surface area contributed by atoms with Gasteiger partial charge in [0.05, 0.1) is 23.2 Å². The fourth-order valence-corrected chi connectivity index (χ4v) is 4.26. The Hall–Kier alpha value is -0.750. The van der Waals surface area contributed by atoms with Crippen LogP contribution in [-0.2, 0) is 9.84 Å². The zero-order valence-corrected chi connectivity index (χ0v) is 10.7. The van der Waals surface area contributed by atoms with Gasteiger partial charge in [0.15, 0.2) is 9.84 Å². The van der Waals surface area contributed by atoms with Crippen LogP contribution in [0.4, 0.5) is 5.69 Å². The summed E-state index contributed by atoms with van der Waals surface area (Å²) >= 11 is 3.36. The molecule has 4 nitrogen and oxygen atoms in total. The number of hydrogen-bond acceptors (Lipinski definition) is 4. The SMILES string of the molecule is O=S1(=O)CC2Nc3ccc(Br)cc3OC2C1. The summed E-state index contributed by atoms with van der Waals surface area (Å²) in [5.41, 5.74) is 0.863. The summed E-state index contributed by atoms with van der Waals surface area (Å²) in [6.07, 6.45) is -0.258. The molecule has 6 heteroatoms. The van der Waals surface area contributed by atoms with Gasteiger partial charge in [-0.15, -0.1) is 0 Å². The van der Waals surface area contributed by atoms with Crippen LogP contribution in [0.15, 0.2) is 22.7 Å². The van der Waals surface area contributed by atoms with Crippen molar-refractivity contribution >= 4 is 31.5 Å². The number of rotatable bonds is 0. The average Bonchev–Trinajstić information content (AvgIpc) is 2.47. The molecule has 86 valence electrons. The molecule has 2 aliphatic rings. The van der Waals surface area contributed by atoms with Gasteiger partial charge >= 0.3 is 0 Å². The van der Waals surface area contributed by atoms with Gasteiger partial charge in [0.1, 0.15) is 11.9 Å². The van der Waals surface area contributed by atoms with Crippen LogP contribution in [0.1, 0.15) is 0 Å². The number of hydrogen-bond donors (Lipinski definition) is 1. The molecule has 1 saturated heterocycles. The van der Waals surface area contributed by atoms with Crippen LogP contribution in [0, 0.1) is 0 Å². The van der Waals surface area contributed by atoms with E-state index in [1.807, 2.05) is 18.2 Å². The van der Waals surface area contributed by atoms with Gasteiger partial charge in [-0.25, -0.2) is 8.42 Å². The van der Waals surface area contributed by atoms with Crippen LogP contribution < -0.4 is 10.1 Å². The van der Waals surface area contributed by atoms with Crippen LogP contribution in [-0.4, -0.2) is 32.1 Å². The highest BCUT2D eigenvalue weighted by Gasteiger charge is 2.42. The van der Waals surface area contributed by atoms with E-state index in [4.69, 9.17) is 4.74 Å². The third kappa shape index (κ3) is 1.69. The maximum absolute atomic E-state index is 11.5.